The second-order valence-corrected chi connectivity index (χ2v) is 3.44. The van der Waals surface area contributed by atoms with E-state index in [9.17, 15) is 9.59 Å². The van der Waals surface area contributed by atoms with E-state index in [4.69, 9.17) is 4.74 Å². The molecular weight excluding hydrogens is 170 g/mol. The zero-order valence-corrected chi connectivity index (χ0v) is 8.64. The quantitative estimate of drug-likeness (QED) is 0.524. The van der Waals surface area contributed by atoms with Crippen LogP contribution in [0.5, 0.6) is 0 Å². The number of nitrogens with one attached hydrogen (secondary N) is 1. The van der Waals surface area contributed by atoms with E-state index in [-0.39, 0.29) is 12.3 Å². The number of esters is 1. The molecule has 0 radical (unpaired) electrons. The van der Waals surface area contributed by atoms with Crippen LogP contribution in [0.1, 0.15) is 33.6 Å². The molecule has 0 spiro atoms. The smallest absolute Gasteiger partial charge is 0.315 e. The lowest BCUT2D eigenvalue weighted by Crippen LogP contribution is -2.30. The first kappa shape index (κ1) is 11.9. The number of rotatable bonds is 4. The molecule has 1 amide bonds. The summed E-state index contributed by atoms with van der Waals surface area (Å²) in [6, 6.07) is 0. The Kier molecular flexibility index (Phi) is 4.45. The van der Waals surface area contributed by atoms with Crippen molar-refractivity contribution in [1.29, 1.82) is 0 Å². The van der Waals surface area contributed by atoms with Gasteiger partial charge in [-0.2, -0.15) is 0 Å². The number of ether oxygens (including phenoxy) is 1. The number of carbonyl (C=O) groups is 2. The van der Waals surface area contributed by atoms with Crippen LogP contribution in [-0.4, -0.2) is 24.5 Å². The van der Waals surface area contributed by atoms with Crippen molar-refractivity contribution in [1.82, 2.24) is 5.32 Å². The van der Waals surface area contributed by atoms with Crippen molar-refractivity contribution in [3.05, 3.63) is 0 Å². The molecule has 0 rings (SSSR count). The summed E-state index contributed by atoms with van der Waals surface area (Å²) in [6.45, 7) is 5.55. The highest BCUT2D eigenvalue weighted by atomic mass is 16.6. The molecule has 0 bridgehead atoms. The molecule has 0 saturated carbocycles. The Morgan fingerprint density at radius 2 is 1.92 bits per heavy atom. The summed E-state index contributed by atoms with van der Waals surface area (Å²) >= 11 is 0. The zero-order valence-electron chi connectivity index (χ0n) is 8.64. The molecule has 0 aliphatic carbocycles. The molecule has 0 unspecified atom stereocenters. The second-order valence-electron chi connectivity index (χ2n) is 3.44. The molecule has 0 saturated heterocycles. The lowest BCUT2D eigenvalue weighted by molar-refractivity contribution is -0.158. The van der Waals surface area contributed by atoms with E-state index in [1.54, 1.807) is 0 Å². The molecule has 0 aromatic heterocycles. The molecular formula is C9H17NO3. The first-order chi connectivity index (χ1) is 5.91. The molecule has 0 atom stereocenters. The van der Waals surface area contributed by atoms with Gasteiger partial charge in [-0.25, -0.2) is 0 Å². The van der Waals surface area contributed by atoms with Crippen LogP contribution in [0, 0.1) is 0 Å². The third kappa shape index (κ3) is 5.22. The van der Waals surface area contributed by atoms with Crippen LogP contribution in [0.3, 0.4) is 0 Å². The molecule has 0 aliphatic rings. The van der Waals surface area contributed by atoms with Gasteiger partial charge in [0.15, 0.2) is 0 Å². The Morgan fingerprint density at radius 1 is 1.38 bits per heavy atom. The van der Waals surface area contributed by atoms with Crippen LogP contribution < -0.4 is 5.32 Å². The molecule has 13 heavy (non-hydrogen) atoms. The van der Waals surface area contributed by atoms with Gasteiger partial charge in [-0.15, -0.1) is 0 Å². The van der Waals surface area contributed by atoms with E-state index in [0.717, 1.165) is 6.42 Å². The van der Waals surface area contributed by atoms with Crippen molar-refractivity contribution in [3.8, 4) is 0 Å². The Bertz CT molecular complexity index is 199. The topological polar surface area (TPSA) is 55.4 Å². The first-order valence-electron chi connectivity index (χ1n) is 4.33. The normalized spacial score (nSPS) is 10.8. The van der Waals surface area contributed by atoms with E-state index in [1.165, 1.54) is 7.05 Å². The Hall–Kier alpha value is -1.06. The minimum atomic E-state index is -0.481. The maximum atomic E-state index is 11.1. The standard InChI is InChI=1S/C9H17NO3/c1-5-9(2,3)13-8(12)6-7(11)10-4/h5-6H2,1-4H3,(H,10,11). The van der Waals surface area contributed by atoms with Crippen molar-refractivity contribution in [2.45, 2.75) is 39.2 Å². The summed E-state index contributed by atoms with van der Waals surface area (Å²) in [5, 5.41) is 2.36. The van der Waals surface area contributed by atoms with Crippen molar-refractivity contribution >= 4 is 11.9 Å². The maximum absolute atomic E-state index is 11.1. The third-order valence-corrected chi connectivity index (χ3v) is 1.83. The van der Waals surface area contributed by atoms with Gasteiger partial charge >= 0.3 is 5.97 Å². The van der Waals surface area contributed by atoms with Crippen LogP contribution in [-0.2, 0) is 14.3 Å². The van der Waals surface area contributed by atoms with Gasteiger partial charge < -0.3 is 10.1 Å². The maximum Gasteiger partial charge on any atom is 0.315 e. The molecule has 0 heterocycles. The number of amides is 1. The largest absolute Gasteiger partial charge is 0.459 e. The van der Waals surface area contributed by atoms with Crippen molar-refractivity contribution in [2.24, 2.45) is 0 Å². The van der Waals surface area contributed by atoms with Gasteiger partial charge in [0.2, 0.25) is 5.91 Å². The van der Waals surface area contributed by atoms with E-state index in [2.05, 4.69) is 5.32 Å². The highest BCUT2D eigenvalue weighted by molar-refractivity contribution is 5.94. The van der Waals surface area contributed by atoms with Gasteiger partial charge in [-0.1, -0.05) is 6.92 Å². The van der Waals surface area contributed by atoms with Crippen LogP contribution in [0.15, 0.2) is 0 Å². The van der Waals surface area contributed by atoms with Gasteiger partial charge in [-0.05, 0) is 20.3 Å². The summed E-state index contributed by atoms with van der Waals surface area (Å²) in [6.07, 6.45) is 0.520. The van der Waals surface area contributed by atoms with Crippen LogP contribution in [0.25, 0.3) is 0 Å². The summed E-state index contributed by atoms with van der Waals surface area (Å²) < 4.78 is 5.06. The fraction of sp³-hybridized carbons (Fsp3) is 0.778. The molecule has 4 nitrogen and oxygen atoms in total. The van der Waals surface area contributed by atoms with Crippen molar-refractivity contribution < 1.29 is 14.3 Å². The van der Waals surface area contributed by atoms with Crippen molar-refractivity contribution in [2.75, 3.05) is 7.05 Å². The summed E-state index contributed by atoms with van der Waals surface area (Å²) in [5.41, 5.74) is -0.481. The van der Waals surface area contributed by atoms with Crippen LogP contribution in [0.4, 0.5) is 0 Å². The average molecular weight is 187 g/mol. The highest BCUT2D eigenvalue weighted by Crippen LogP contribution is 2.14. The second kappa shape index (κ2) is 4.84. The first-order valence-corrected chi connectivity index (χ1v) is 4.33. The van der Waals surface area contributed by atoms with E-state index >= 15 is 0 Å². The highest BCUT2D eigenvalue weighted by Gasteiger charge is 2.21. The summed E-state index contributed by atoms with van der Waals surface area (Å²) in [5.74, 6) is -0.803. The summed E-state index contributed by atoms with van der Waals surface area (Å²) in [4.78, 5) is 21.9. The molecule has 0 aromatic carbocycles. The monoisotopic (exact) mass is 187 g/mol. The van der Waals surface area contributed by atoms with Gasteiger partial charge in [0, 0.05) is 7.05 Å². The molecule has 0 aromatic rings. The van der Waals surface area contributed by atoms with Crippen LogP contribution >= 0.6 is 0 Å². The Labute approximate surface area is 78.6 Å². The molecule has 1 N–H and O–H groups in total. The molecule has 4 heteroatoms. The SMILES string of the molecule is CCC(C)(C)OC(=O)CC(=O)NC. The minimum Gasteiger partial charge on any atom is -0.459 e. The third-order valence-electron chi connectivity index (χ3n) is 1.83. The van der Waals surface area contributed by atoms with Gasteiger partial charge in [0.25, 0.3) is 0 Å². The molecule has 0 fully saturated rings. The summed E-state index contributed by atoms with van der Waals surface area (Å²) in [7, 11) is 1.49. The van der Waals surface area contributed by atoms with E-state index in [0.29, 0.717) is 0 Å². The van der Waals surface area contributed by atoms with E-state index in [1.807, 2.05) is 20.8 Å². The van der Waals surface area contributed by atoms with Gasteiger partial charge in [-0.3, -0.25) is 9.59 Å². The molecule has 76 valence electrons. The van der Waals surface area contributed by atoms with Crippen molar-refractivity contribution in [3.63, 3.8) is 0 Å². The zero-order chi connectivity index (χ0) is 10.5. The fourth-order valence-corrected chi connectivity index (χ4v) is 0.636. The lowest BCUT2D eigenvalue weighted by Gasteiger charge is -2.22. The molecule has 0 aliphatic heterocycles. The van der Waals surface area contributed by atoms with Gasteiger partial charge in [0.05, 0.1) is 0 Å². The number of carbonyl (C=O) groups excluding carboxylic acids is 2. The number of hydrogen-bond acceptors (Lipinski definition) is 3. The van der Waals surface area contributed by atoms with E-state index < -0.39 is 11.6 Å². The average Bonchev–Trinajstić information content (AvgIpc) is 2.03. The van der Waals surface area contributed by atoms with Gasteiger partial charge in [0.1, 0.15) is 12.0 Å². The minimum absolute atomic E-state index is 0.208. The number of hydrogen-bond donors (Lipinski definition) is 1. The fourth-order valence-electron chi connectivity index (χ4n) is 0.636. The predicted octanol–water partition coefficient (Wildman–Crippen LogP) is 0.854. The van der Waals surface area contributed by atoms with Crippen LogP contribution in [0.2, 0.25) is 0 Å². The predicted molar refractivity (Wildman–Crippen MR) is 49.1 cm³/mol. The Morgan fingerprint density at radius 3 is 2.31 bits per heavy atom. The lowest BCUT2D eigenvalue weighted by atomic mass is 10.1. The Balaban J connectivity index is 3.94.